The van der Waals surface area contributed by atoms with Crippen LogP contribution >= 0.6 is 0 Å². The number of nitrogens with one attached hydrogen (secondary N) is 1. The maximum Gasteiger partial charge on any atom is 0.303 e. The summed E-state index contributed by atoms with van der Waals surface area (Å²) in [6.07, 6.45) is 4.55. The number of carboxylic acids is 1. The van der Waals surface area contributed by atoms with Crippen LogP contribution < -0.4 is 5.32 Å². The van der Waals surface area contributed by atoms with Crippen molar-refractivity contribution in [3.05, 3.63) is 41.5 Å². The van der Waals surface area contributed by atoms with Crippen molar-refractivity contribution in [2.45, 2.75) is 26.2 Å². The van der Waals surface area contributed by atoms with E-state index in [0.717, 1.165) is 5.56 Å². The van der Waals surface area contributed by atoms with Gasteiger partial charge in [0.05, 0.1) is 0 Å². The van der Waals surface area contributed by atoms with Crippen LogP contribution in [0.5, 0.6) is 0 Å². The topological polar surface area (TPSA) is 66.4 Å². The Bertz CT molecular complexity index is 449. The second-order valence-corrected chi connectivity index (χ2v) is 4.36. The van der Waals surface area contributed by atoms with Crippen molar-refractivity contribution in [2.24, 2.45) is 0 Å². The fraction of sp³-hybridized carbons (Fsp3) is 0.333. The van der Waals surface area contributed by atoms with Crippen LogP contribution in [0.3, 0.4) is 0 Å². The molecule has 0 aliphatic heterocycles. The molecule has 0 aliphatic rings. The molecule has 1 rings (SSSR count). The van der Waals surface area contributed by atoms with Crippen molar-refractivity contribution in [3.8, 4) is 0 Å². The molecule has 0 bridgehead atoms. The number of hydrogen-bond donors (Lipinski definition) is 2. The highest BCUT2D eigenvalue weighted by Crippen LogP contribution is 2.05. The van der Waals surface area contributed by atoms with Crippen LogP contribution in [0.1, 0.15) is 30.4 Å². The number of benzene rings is 1. The molecule has 4 heteroatoms. The van der Waals surface area contributed by atoms with Gasteiger partial charge in [-0.2, -0.15) is 0 Å². The molecule has 0 fully saturated rings. The lowest BCUT2D eigenvalue weighted by molar-refractivity contribution is -0.137. The van der Waals surface area contributed by atoms with E-state index in [1.54, 1.807) is 6.08 Å². The second kappa shape index (κ2) is 8.08. The maximum absolute atomic E-state index is 11.4. The Hall–Kier alpha value is -2.10. The van der Waals surface area contributed by atoms with Crippen LogP contribution in [0, 0.1) is 6.92 Å². The summed E-state index contributed by atoms with van der Waals surface area (Å²) in [7, 11) is 0. The SMILES string of the molecule is Cc1ccc(/C=C/CC(=O)NCCCC(=O)O)cc1. The van der Waals surface area contributed by atoms with Gasteiger partial charge in [-0.05, 0) is 18.9 Å². The Labute approximate surface area is 113 Å². The average molecular weight is 261 g/mol. The standard InChI is InChI=1S/C15H19NO3/c1-12-7-9-13(10-8-12)4-2-5-14(17)16-11-3-6-15(18)19/h2,4,7-10H,3,5-6,11H2,1H3,(H,16,17)(H,18,19)/b4-2+. The van der Waals surface area contributed by atoms with Crippen LogP contribution in [0.25, 0.3) is 6.08 Å². The first-order valence-corrected chi connectivity index (χ1v) is 6.29. The van der Waals surface area contributed by atoms with Gasteiger partial charge in [0.25, 0.3) is 0 Å². The smallest absolute Gasteiger partial charge is 0.303 e. The lowest BCUT2D eigenvalue weighted by Crippen LogP contribution is -2.23. The molecule has 1 aromatic carbocycles. The average Bonchev–Trinajstić information content (AvgIpc) is 2.37. The van der Waals surface area contributed by atoms with Gasteiger partial charge < -0.3 is 10.4 Å². The van der Waals surface area contributed by atoms with Gasteiger partial charge in [-0.15, -0.1) is 0 Å². The Balaban J connectivity index is 2.22. The Morgan fingerprint density at radius 1 is 1.26 bits per heavy atom. The van der Waals surface area contributed by atoms with E-state index in [-0.39, 0.29) is 12.3 Å². The third-order valence-electron chi connectivity index (χ3n) is 2.58. The summed E-state index contributed by atoms with van der Waals surface area (Å²) in [5, 5.41) is 11.1. The van der Waals surface area contributed by atoms with Crippen LogP contribution in [-0.2, 0) is 9.59 Å². The molecule has 0 saturated heterocycles. The molecule has 19 heavy (non-hydrogen) atoms. The molecule has 1 amide bonds. The Kier molecular flexibility index (Phi) is 6.36. The predicted octanol–water partition coefficient (Wildman–Crippen LogP) is 2.38. The molecule has 0 aromatic heterocycles. The number of carbonyl (C=O) groups is 2. The molecule has 0 heterocycles. The molecule has 0 saturated carbocycles. The summed E-state index contributed by atoms with van der Waals surface area (Å²) in [6, 6.07) is 8.03. The van der Waals surface area contributed by atoms with Gasteiger partial charge in [-0.25, -0.2) is 0 Å². The lowest BCUT2D eigenvalue weighted by atomic mass is 10.1. The molecule has 0 aliphatic carbocycles. The zero-order chi connectivity index (χ0) is 14.1. The van der Waals surface area contributed by atoms with Gasteiger partial charge in [0, 0.05) is 19.4 Å². The molecule has 0 atom stereocenters. The highest BCUT2D eigenvalue weighted by Gasteiger charge is 1.99. The summed E-state index contributed by atoms with van der Waals surface area (Å²) in [6.45, 7) is 2.43. The van der Waals surface area contributed by atoms with Gasteiger partial charge in [-0.3, -0.25) is 9.59 Å². The van der Waals surface area contributed by atoms with Crippen molar-refractivity contribution < 1.29 is 14.7 Å². The highest BCUT2D eigenvalue weighted by atomic mass is 16.4. The van der Waals surface area contributed by atoms with Crippen LogP contribution in [-0.4, -0.2) is 23.5 Å². The number of aryl methyl sites for hydroxylation is 1. The first-order valence-electron chi connectivity index (χ1n) is 6.29. The third-order valence-corrected chi connectivity index (χ3v) is 2.58. The predicted molar refractivity (Wildman–Crippen MR) is 74.7 cm³/mol. The van der Waals surface area contributed by atoms with Crippen LogP contribution in [0.2, 0.25) is 0 Å². The minimum absolute atomic E-state index is 0.0828. The zero-order valence-electron chi connectivity index (χ0n) is 11.1. The molecule has 4 nitrogen and oxygen atoms in total. The number of hydrogen-bond acceptors (Lipinski definition) is 2. The number of carbonyl (C=O) groups excluding carboxylic acids is 1. The Morgan fingerprint density at radius 2 is 1.95 bits per heavy atom. The molecular weight excluding hydrogens is 242 g/mol. The van der Waals surface area contributed by atoms with E-state index in [1.165, 1.54) is 5.56 Å². The molecular formula is C15H19NO3. The number of carboxylic acid groups (broad SMARTS) is 1. The van der Waals surface area contributed by atoms with E-state index in [2.05, 4.69) is 5.32 Å². The first kappa shape index (κ1) is 15.0. The minimum Gasteiger partial charge on any atom is -0.481 e. The van der Waals surface area contributed by atoms with Gasteiger partial charge in [0.1, 0.15) is 0 Å². The van der Waals surface area contributed by atoms with E-state index in [4.69, 9.17) is 5.11 Å². The van der Waals surface area contributed by atoms with E-state index in [0.29, 0.717) is 19.4 Å². The van der Waals surface area contributed by atoms with Gasteiger partial charge in [-0.1, -0.05) is 42.0 Å². The zero-order valence-corrected chi connectivity index (χ0v) is 11.1. The number of aliphatic carboxylic acids is 1. The fourth-order valence-corrected chi connectivity index (χ4v) is 1.52. The number of rotatable bonds is 7. The van der Waals surface area contributed by atoms with E-state index in [1.807, 2.05) is 37.3 Å². The van der Waals surface area contributed by atoms with E-state index >= 15 is 0 Å². The molecule has 0 radical (unpaired) electrons. The van der Waals surface area contributed by atoms with Crippen LogP contribution in [0.15, 0.2) is 30.3 Å². The monoisotopic (exact) mass is 261 g/mol. The largest absolute Gasteiger partial charge is 0.481 e. The molecule has 2 N–H and O–H groups in total. The quantitative estimate of drug-likeness (QED) is 0.740. The second-order valence-electron chi connectivity index (χ2n) is 4.36. The van der Waals surface area contributed by atoms with Gasteiger partial charge >= 0.3 is 5.97 Å². The molecule has 102 valence electrons. The van der Waals surface area contributed by atoms with Gasteiger partial charge in [0.15, 0.2) is 0 Å². The fourth-order valence-electron chi connectivity index (χ4n) is 1.52. The summed E-state index contributed by atoms with van der Waals surface area (Å²) in [4.78, 5) is 21.7. The summed E-state index contributed by atoms with van der Waals surface area (Å²) < 4.78 is 0. The highest BCUT2D eigenvalue weighted by molar-refractivity contribution is 5.78. The summed E-state index contributed by atoms with van der Waals surface area (Å²) in [5.41, 5.74) is 2.26. The van der Waals surface area contributed by atoms with Crippen molar-refractivity contribution in [2.75, 3.05) is 6.54 Å². The minimum atomic E-state index is -0.839. The Morgan fingerprint density at radius 3 is 2.58 bits per heavy atom. The summed E-state index contributed by atoms with van der Waals surface area (Å²) in [5.74, 6) is -0.928. The van der Waals surface area contributed by atoms with Crippen LogP contribution in [0.4, 0.5) is 0 Å². The normalized spacial score (nSPS) is 10.6. The van der Waals surface area contributed by atoms with Crippen molar-refractivity contribution >= 4 is 18.0 Å². The molecule has 1 aromatic rings. The number of amides is 1. The maximum atomic E-state index is 11.4. The molecule has 0 unspecified atom stereocenters. The summed E-state index contributed by atoms with van der Waals surface area (Å²) >= 11 is 0. The third kappa shape index (κ3) is 7.03. The van der Waals surface area contributed by atoms with E-state index in [9.17, 15) is 9.59 Å². The lowest BCUT2D eigenvalue weighted by Gasteiger charge is -2.01. The van der Waals surface area contributed by atoms with Crippen molar-refractivity contribution in [3.63, 3.8) is 0 Å². The van der Waals surface area contributed by atoms with Gasteiger partial charge in [0.2, 0.25) is 5.91 Å². The van der Waals surface area contributed by atoms with E-state index < -0.39 is 5.97 Å². The first-order chi connectivity index (χ1) is 9.08. The molecule has 0 spiro atoms. The van der Waals surface area contributed by atoms with Crippen molar-refractivity contribution in [1.82, 2.24) is 5.32 Å². The van der Waals surface area contributed by atoms with Crippen molar-refractivity contribution in [1.29, 1.82) is 0 Å².